The summed E-state index contributed by atoms with van der Waals surface area (Å²) in [7, 11) is -3.56. The first-order valence-corrected chi connectivity index (χ1v) is 13.0. The zero-order valence-electron chi connectivity index (χ0n) is 19.1. The highest BCUT2D eigenvalue weighted by Crippen LogP contribution is 2.27. The second-order valence-electron chi connectivity index (χ2n) is 8.59. The number of carbonyl (C=O) groups is 2. The lowest BCUT2D eigenvalue weighted by molar-refractivity contribution is -0.137. The Labute approximate surface area is 199 Å². The van der Waals surface area contributed by atoms with Crippen molar-refractivity contribution in [3.8, 4) is 0 Å². The van der Waals surface area contributed by atoms with Crippen LogP contribution in [0.5, 0.6) is 0 Å². The summed E-state index contributed by atoms with van der Waals surface area (Å²) in [5, 5.41) is 2.74. The number of anilines is 1. The molecule has 1 N–H and O–H groups in total. The second kappa shape index (κ2) is 10.2. The maximum atomic E-state index is 13.4. The minimum atomic E-state index is -3.56. The van der Waals surface area contributed by atoms with Crippen LogP contribution in [0.15, 0.2) is 48.5 Å². The number of hydrogen-bond donors (Lipinski definition) is 1. The number of fused-ring (bicyclic) bond motifs is 1. The minimum absolute atomic E-state index is 0.0596. The molecule has 0 spiro atoms. The molecule has 34 heavy (non-hydrogen) atoms. The van der Waals surface area contributed by atoms with Crippen LogP contribution in [0.3, 0.4) is 0 Å². The second-order valence-corrected chi connectivity index (χ2v) is 10.8. The largest absolute Gasteiger partial charge is 0.339 e. The Hall–Kier alpha value is -2.82. The number of benzene rings is 2. The van der Waals surface area contributed by atoms with Crippen LogP contribution in [-0.2, 0) is 32.6 Å². The summed E-state index contributed by atoms with van der Waals surface area (Å²) < 4.78 is 39.9. The Kier molecular flexibility index (Phi) is 7.30. The Morgan fingerprint density at radius 3 is 2.29 bits per heavy atom. The van der Waals surface area contributed by atoms with Crippen LogP contribution >= 0.6 is 0 Å². The molecule has 1 atom stereocenters. The molecule has 2 heterocycles. The average molecular weight is 489 g/mol. The SMILES string of the molecule is CCS(=O)(=O)N1Cc2ccccc2CC1C(=O)N1CCN(CC(=O)Nc2ccc(F)cc2)CC1. The molecule has 0 bridgehead atoms. The predicted octanol–water partition coefficient (Wildman–Crippen LogP) is 1.68. The van der Waals surface area contributed by atoms with E-state index >= 15 is 0 Å². The lowest BCUT2D eigenvalue weighted by Crippen LogP contribution is -2.58. The first-order valence-electron chi connectivity index (χ1n) is 11.4. The van der Waals surface area contributed by atoms with Gasteiger partial charge in [0.05, 0.1) is 12.3 Å². The van der Waals surface area contributed by atoms with Crippen LogP contribution in [-0.4, -0.2) is 78.9 Å². The summed E-state index contributed by atoms with van der Waals surface area (Å²) in [5.41, 5.74) is 2.45. The number of rotatable bonds is 6. The molecule has 0 aliphatic carbocycles. The Morgan fingerprint density at radius 2 is 1.65 bits per heavy atom. The highest BCUT2D eigenvalue weighted by molar-refractivity contribution is 7.89. The van der Waals surface area contributed by atoms with Gasteiger partial charge >= 0.3 is 0 Å². The van der Waals surface area contributed by atoms with Gasteiger partial charge in [-0.05, 0) is 48.7 Å². The fourth-order valence-electron chi connectivity index (χ4n) is 4.44. The van der Waals surface area contributed by atoms with Gasteiger partial charge < -0.3 is 10.2 Å². The third kappa shape index (κ3) is 5.45. The number of hydrogen-bond acceptors (Lipinski definition) is 5. The van der Waals surface area contributed by atoms with Crippen molar-refractivity contribution in [3.05, 3.63) is 65.5 Å². The Morgan fingerprint density at radius 1 is 1.00 bits per heavy atom. The molecule has 2 amide bonds. The van der Waals surface area contributed by atoms with Gasteiger partial charge in [-0.1, -0.05) is 24.3 Å². The smallest absolute Gasteiger partial charge is 0.241 e. The normalized spacial score (nSPS) is 19.5. The quantitative estimate of drug-likeness (QED) is 0.668. The van der Waals surface area contributed by atoms with Crippen LogP contribution in [0.2, 0.25) is 0 Å². The van der Waals surface area contributed by atoms with E-state index in [9.17, 15) is 22.4 Å². The van der Waals surface area contributed by atoms with Crippen molar-refractivity contribution < 1.29 is 22.4 Å². The van der Waals surface area contributed by atoms with E-state index in [1.54, 1.807) is 11.8 Å². The summed E-state index contributed by atoms with van der Waals surface area (Å²) in [6.07, 6.45) is 0.356. The maximum Gasteiger partial charge on any atom is 0.241 e. The molecule has 0 radical (unpaired) electrons. The van der Waals surface area contributed by atoms with E-state index in [1.807, 2.05) is 29.2 Å². The van der Waals surface area contributed by atoms with Crippen molar-refractivity contribution in [1.29, 1.82) is 0 Å². The van der Waals surface area contributed by atoms with Crippen molar-refractivity contribution in [1.82, 2.24) is 14.1 Å². The Balaban J connectivity index is 1.37. The number of nitrogens with one attached hydrogen (secondary N) is 1. The molecule has 182 valence electrons. The molecule has 1 saturated heterocycles. The molecule has 1 fully saturated rings. The first-order chi connectivity index (χ1) is 16.3. The molecule has 0 aromatic heterocycles. The van der Waals surface area contributed by atoms with Gasteiger partial charge in [0.15, 0.2) is 0 Å². The van der Waals surface area contributed by atoms with Gasteiger partial charge in [-0.2, -0.15) is 4.31 Å². The summed E-state index contributed by atoms with van der Waals surface area (Å²) in [4.78, 5) is 29.4. The molecule has 2 aliphatic heterocycles. The van der Waals surface area contributed by atoms with Gasteiger partial charge in [-0.3, -0.25) is 14.5 Å². The summed E-state index contributed by atoms with van der Waals surface area (Å²) in [6, 6.07) is 12.5. The van der Waals surface area contributed by atoms with Crippen LogP contribution in [0.4, 0.5) is 10.1 Å². The summed E-state index contributed by atoms with van der Waals surface area (Å²) in [6.45, 7) is 3.80. The van der Waals surface area contributed by atoms with E-state index in [1.165, 1.54) is 28.6 Å². The molecule has 0 saturated carbocycles. The Bertz CT molecular complexity index is 1150. The van der Waals surface area contributed by atoms with Gasteiger partial charge in [0.1, 0.15) is 11.9 Å². The molecule has 2 aromatic carbocycles. The van der Waals surface area contributed by atoms with Gasteiger partial charge in [0.25, 0.3) is 0 Å². The van der Waals surface area contributed by atoms with Gasteiger partial charge in [-0.15, -0.1) is 0 Å². The van der Waals surface area contributed by atoms with Crippen molar-refractivity contribution in [3.63, 3.8) is 0 Å². The molecule has 2 aromatic rings. The van der Waals surface area contributed by atoms with Crippen molar-refractivity contribution in [2.45, 2.75) is 25.9 Å². The lowest BCUT2D eigenvalue weighted by Gasteiger charge is -2.40. The van der Waals surface area contributed by atoms with E-state index in [-0.39, 0.29) is 36.5 Å². The zero-order chi connectivity index (χ0) is 24.3. The van der Waals surface area contributed by atoms with Crippen LogP contribution in [0, 0.1) is 5.82 Å². The van der Waals surface area contributed by atoms with Gasteiger partial charge in [0, 0.05) is 38.4 Å². The zero-order valence-corrected chi connectivity index (χ0v) is 19.9. The van der Waals surface area contributed by atoms with E-state index in [2.05, 4.69) is 5.32 Å². The lowest BCUT2D eigenvalue weighted by atomic mass is 9.95. The number of carbonyl (C=O) groups excluding carboxylic acids is 2. The molecular weight excluding hydrogens is 459 g/mol. The minimum Gasteiger partial charge on any atom is -0.339 e. The fourth-order valence-corrected chi connectivity index (χ4v) is 5.66. The first kappa shape index (κ1) is 24.3. The number of nitrogens with zero attached hydrogens (tertiary/aromatic N) is 3. The third-order valence-corrected chi connectivity index (χ3v) is 8.22. The average Bonchev–Trinajstić information content (AvgIpc) is 2.84. The highest BCUT2D eigenvalue weighted by atomic mass is 32.2. The molecule has 10 heteroatoms. The predicted molar refractivity (Wildman–Crippen MR) is 127 cm³/mol. The standard InChI is InChI=1S/C24H29FN4O4S/c1-2-34(32,33)29-16-19-6-4-3-5-18(19)15-22(29)24(31)28-13-11-27(12-14-28)17-23(30)26-21-9-7-20(25)8-10-21/h3-10,22H,2,11-17H2,1H3,(H,26,30). The fraction of sp³-hybridized carbons (Fsp3) is 0.417. The van der Waals surface area contributed by atoms with Gasteiger partial charge in [-0.25, -0.2) is 12.8 Å². The third-order valence-electron chi connectivity index (χ3n) is 6.39. The van der Waals surface area contributed by atoms with E-state index in [4.69, 9.17) is 0 Å². The van der Waals surface area contributed by atoms with E-state index in [0.29, 0.717) is 38.3 Å². The number of piperazine rings is 1. The van der Waals surface area contributed by atoms with Crippen molar-refractivity contribution in [2.24, 2.45) is 0 Å². The van der Waals surface area contributed by atoms with Gasteiger partial charge in [0.2, 0.25) is 21.8 Å². The van der Waals surface area contributed by atoms with E-state index in [0.717, 1.165) is 11.1 Å². The molecule has 4 rings (SSSR count). The van der Waals surface area contributed by atoms with E-state index < -0.39 is 16.1 Å². The summed E-state index contributed by atoms with van der Waals surface area (Å²) in [5.74, 6) is -0.835. The highest BCUT2D eigenvalue weighted by Gasteiger charge is 2.40. The van der Waals surface area contributed by atoms with Crippen molar-refractivity contribution in [2.75, 3.05) is 43.8 Å². The summed E-state index contributed by atoms with van der Waals surface area (Å²) >= 11 is 0. The molecular formula is C24H29FN4O4S. The van der Waals surface area contributed by atoms with Crippen molar-refractivity contribution >= 4 is 27.5 Å². The molecule has 2 aliphatic rings. The monoisotopic (exact) mass is 488 g/mol. The molecule has 1 unspecified atom stereocenters. The topological polar surface area (TPSA) is 90.0 Å². The molecule has 8 nitrogen and oxygen atoms in total. The number of sulfonamides is 1. The van der Waals surface area contributed by atoms with Crippen LogP contribution < -0.4 is 5.32 Å². The number of halogens is 1. The maximum absolute atomic E-state index is 13.4. The number of amides is 2. The van der Waals surface area contributed by atoms with Crippen LogP contribution in [0.1, 0.15) is 18.1 Å². The van der Waals surface area contributed by atoms with Crippen LogP contribution in [0.25, 0.3) is 0 Å².